The second kappa shape index (κ2) is 3.65. The van der Waals surface area contributed by atoms with Crippen LogP contribution in [0.3, 0.4) is 0 Å². The number of nitrogens with zero attached hydrogens (tertiary/aromatic N) is 2. The molecule has 3 nitrogen and oxygen atoms in total. The SMILES string of the molecule is CCc1cnc(C2(CN)CCC2)nc1. The van der Waals surface area contributed by atoms with E-state index in [-0.39, 0.29) is 5.41 Å². The molecule has 0 saturated heterocycles. The maximum atomic E-state index is 5.79. The summed E-state index contributed by atoms with van der Waals surface area (Å²) in [4.78, 5) is 8.85. The standard InChI is InChI=1S/C11H17N3/c1-2-9-6-13-10(14-7-9)11(8-12)4-3-5-11/h6-7H,2-5,8,12H2,1H3. The van der Waals surface area contributed by atoms with Crippen LogP contribution in [0.15, 0.2) is 12.4 Å². The molecule has 1 aromatic rings. The van der Waals surface area contributed by atoms with Crippen molar-refractivity contribution >= 4 is 0 Å². The first kappa shape index (κ1) is 9.59. The molecule has 0 aromatic carbocycles. The Bertz CT molecular complexity index is 295. The van der Waals surface area contributed by atoms with Gasteiger partial charge in [0.05, 0.1) is 0 Å². The number of aromatic nitrogens is 2. The summed E-state index contributed by atoms with van der Waals surface area (Å²) in [6.45, 7) is 2.79. The van der Waals surface area contributed by atoms with E-state index in [4.69, 9.17) is 5.73 Å². The van der Waals surface area contributed by atoms with Gasteiger partial charge >= 0.3 is 0 Å². The largest absolute Gasteiger partial charge is 0.329 e. The molecule has 1 heterocycles. The summed E-state index contributed by atoms with van der Waals surface area (Å²) in [6.07, 6.45) is 8.41. The van der Waals surface area contributed by atoms with Gasteiger partial charge in [-0.3, -0.25) is 0 Å². The van der Waals surface area contributed by atoms with Crippen molar-refractivity contribution in [3.63, 3.8) is 0 Å². The summed E-state index contributed by atoms with van der Waals surface area (Å²) in [5, 5.41) is 0. The maximum absolute atomic E-state index is 5.79. The predicted molar refractivity (Wildman–Crippen MR) is 56.0 cm³/mol. The fourth-order valence-electron chi connectivity index (χ4n) is 1.93. The van der Waals surface area contributed by atoms with E-state index in [1.165, 1.54) is 12.0 Å². The minimum atomic E-state index is 0.103. The number of hydrogen-bond donors (Lipinski definition) is 1. The van der Waals surface area contributed by atoms with Crippen LogP contribution in [0, 0.1) is 0 Å². The molecule has 76 valence electrons. The lowest BCUT2D eigenvalue weighted by Gasteiger charge is -2.39. The molecule has 1 aliphatic carbocycles. The van der Waals surface area contributed by atoms with E-state index in [1.54, 1.807) is 0 Å². The molecule has 0 unspecified atom stereocenters. The summed E-state index contributed by atoms with van der Waals surface area (Å²) in [7, 11) is 0. The van der Waals surface area contributed by atoms with E-state index in [0.717, 1.165) is 25.1 Å². The molecule has 1 saturated carbocycles. The van der Waals surface area contributed by atoms with Crippen LogP contribution in [0.5, 0.6) is 0 Å². The van der Waals surface area contributed by atoms with Crippen LogP contribution in [-0.4, -0.2) is 16.5 Å². The number of nitrogens with two attached hydrogens (primary N) is 1. The van der Waals surface area contributed by atoms with Crippen LogP contribution in [0.4, 0.5) is 0 Å². The van der Waals surface area contributed by atoms with E-state index in [9.17, 15) is 0 Å². The normalized spacial score (nSPS) is 19.0. The zero-order chi connectivity index (χ0) is 10.0. The monoisotopic (exact) mass is 191 g/mol. The van der Waals surface area contributed by atoms with E-state index >= 15 is 0 Å². The van der Waals surface area contributed by atoms with Crippen molar-refractivity contribution in [1.29, 1.82) is 0 Å². The van der Waals surface area contributed by atoms with Crippen molar-refractivity contribution in [3.05, 3.63) is 23.8 Å². The Kier molecular flexibility index (Phi) is 2.50. The van der Waals surface area contributed by atoms with Gasteiger partial charge in [-0.15, -0.1) is 0 Å². The minimum absolute atomic E-state index is 0.103. The van der Waals surface area contributed by atoms with E-state index in [2.05, 4.69) is 16.9 Å². The lowest BCUT2D eigenvalue weighted by atomic mass is 9.68. The molecular weight excluding hydrogens is 174 g/mol. The lowest BCUT2D eigenvalue weighted by Crippen LogP contribution is -2.43. The minimum Gasteiger partial charge on any atom is -0.329 e. The van der Waals surface area contributed by atoms with Crippen LogP contribution in [0.25, 0.3) is 0 Å². The molecule has 0 bridgehead atoms. The summed E-state index contributed by atoms with van der Waals surface area (Å²) in [5.74, 6) is 0.948. The third kappa shape index (κ3) is 1.42. The predicted octanol–water partition coefficient (Wildman–Crippen LogP) is 1.42. The smallest absolute Gasteiger partial charge is 0.135 e. The Balaban J connectivity index is 2.23. The fourth-order valence-corrected chi connectivity index (χ4v) is 1.93. The molecule has 1 aromatic heterocycles. The Morgan fingerprint density at radius 1 is 1.36 bits per heavy atom. The topological polar surface area (TPSA) is 51.8 Å². The number of aryl methyl sites for hydroxylation is 1. The van der Waals surface area contributed by atoms with Gasteiger partial charge in [0.25, 0.3) is 0 Å². The Hall–Kier alpha value is -0.960. The highest BCUT2D eigenvalue weighted by Gasteiger charge is 2.39. The van der Waals surface area contributed by atoms with Gasteiger partial charge in [-0.25, -0.2) is 9.97 Å². The third-order valence-corrected chi connectivity index (χ3v) is 3.29. The molecule has 0 spiro atoms. The van der Waals surface area contributed by atoms with Gasteiger partial charge in [0, 0.05) is 24.4 Å². The molecule has 1 fully saturated rings. The average molecular weight is 191 g/mol. The Morgan fingerprint density at radius 3 is 2.36 bits per heavy atom. The van der Waals surface area contributed by atoms with Crippen LogP contribution in [0.1, 0.15) is 37.6 Å². The molecule has 0 atom stereocenters. The van der Waals surface area contributed by atoms with Crippen molar-refractivity contribution in [2.24, 2.45) is 5.73 Å². The van der Waals surface area contributed by atoms with Gasteiger partial charge in [-0.05, 0) is 24.8 Å². The van der Waals surface area contributed by atoms with Gasteiger partial charge in [0.2, 0.25) is 0 Å². The number of rotatable bonds is 3. The lowest BCUT2D eigenvalue weighted by molar-refractivity contribution is 0.238. The van der Waals surface area contributed by atoms with Crippen LogP contribution in [-0.2, 0) is 11.8 Å². The summed E-state index contributed by atoms with van der Waals surface area (Å²) >= 11 is 0. The van der Waals surface area contributed by atoms with Gasteiger partial charge in [-0.1, -0.05) is 13.3 Å². The molecule has 0 radical (unpaired) electrons. The quantitative estimate of drug-likeness (QED) is 0.786. The first-order chi connectivity index (χ1) is 6.80. The second-order valence-corrected chi connectivity index (χ2v) is 4.11. The first-order valence-corrected chi connectivity index (χ1v) is 5.32. The highest BCUT2D eigenvalue weighted by molar-refractivity contribution is 5.16. The molecular formula is C11H17N3. The molecule has 1 aliphatic rings. The van der Waals surface area contributed by atoms with E-state index in [0.29, 0.717) is 6.54 Å². The summed E-state index contributed by atoms with van der Waals surface area (Å²) in [6, 6.07) is 0. The van der Waals surface area contributed by atoms with Crippen LogP contribution < -0.4 is 5.73 Å². The zero-order valence-electron chi connectivity index (χ0n) is 8.66. The van der Waals surface area contributed by atoms with Crippen LogP contribution in [0.2, 0.25) is 0 Å². The average Bonchev–Trinajstić information content (AvgIpc) is 2.18. The second-order valence-electron chi connectivity index (χ2n) is 4.11. The highest BCUT2D eigenvalue weighted by Crippen LogP contribution is 2.40. The summed E-state index contributed by atoms with van der Waals surface area (Å²) in [5.41, 5.74) is 7.09. The van der Waals surface area contributed by atoms with Crippen molar-refractivity contribution < 1.29 is 0 Å². The zero-order valence-corrected chi connectivity index (χ0v) is 8.66. The van der Waals surface area contributed by atoms with Crippen LogP contribution >= 0.6 is 0 Å². The van der Waals surface area contributed by atoms with E-state index < -0.39 is 0 Å². The van der Waals surface area contributed by atoms with Gasteiger partial charge in [0.15, 0.2) is 0 Å². The molecule has 14 heavy (non-hydrogen) atoms. The van der Waals surface area contributed by atoms with Crippen molar-refractivity contribution in [3.8, 4) is 0 Å². The fraction of sp³-hybridized carbons (Fsp3) is 0.636. The molecule has 2 N–H and O–H groups in total. The van der Waals surface area contributed by atoms with Crippen molar-refractivity contribution in [1.82, 2.24) is 9.97 Å². The summed E-state index contributed by atoms with van der Waals surface area (Å²) < 4.78 is 0. The van der Waals surface area contributed by atoms with Gasteiger partial charge in [0.1, 0.15) is 5.82 Å². The molecule has 3 heteroatoms. The van der Waals surface area contributed by atoms with E-state index in [1.807, 2.05) is 12.4 Å². The Labute approximate surface area is 84.8 Å². The third-order valence-electron chi connectivity index (χ3n) is 3.29. The van der Waals surface area contributed by atoms with Crippen molar-refractivity contribution in [2.45, 2.75) is 38.0 Å². The first-order valence-electron chi connectivity index (χ1n) is 5.32. The maximum Gasteiger partial charge on any atom is 0.135 e. The number of hydrogen-bond acceptors (Lipinski definition) is 3. The van der Waals surface area contributed by atoms with Gasteiger partial charge in [-0.2, -0.15) is 0 Å². The van der Waals surface area contributed by atoms with Crippen molar-refractivity contribution in [2.75, 3.05) is 6.54 Å². The van der Waals surface area contributed by atoms with Gasteiger partial charge < -0.3 is 5.73 Å². The highest BCUT2D eigenvalue weighted by atomic mass is 14.9. The Morgan fingerprint density at radius 2 is 2.00 bits per heavy atom. The molecule has 2 rings (SSSR count). The molecule has 0 amide bonds. The molecule has 0 aliphatic heterocycles.